The van der Waals surface area contributed by atoms with Crippen LogP contribution < -0.4 is 5.32 Å². The van der Waals surface area contributed by atoms with Gasteiger partial charge in [0.1, 0.15) is 0 Å². The highest BCUT2D eigenvalue weighted by molar-refractivity contribution is 4.83. The maximum Gasteiger partial charge on any atom is 0.0666 e. The summed E-state index contributed by atoms with van der Waals surface area (Å²) in [5.74, 6) is 1.07. The molecule has 1 heterocycles. The lowest BCUT2D eigenvalue weighted by Gasteiger charge is -2.32. The van der Waals surface area contributed by atoms with Crippen LogP contribution in [0.2, 0.25) is 0 Å². The molecule has 1 atom stereocenters. The standard InChI is InChI=1S/C12H23N3/c1-11(9-13)10-15-7-4-12(5-8-15)3-6-14-2/h11-12,14H,3-8,10H2,1-2H3. The Morgan fingerprint density at radius 3 is 2.67 bits per heavy atom. The Morgan fingerprint density at radius 2 is 2.13 bits per heavy atom. The summed E-state index contributed by atoms with van der Waals surface area (Å²) in [7, 11) is 2.02. The molecular formula is C12H23N3. The minimum atomic E-state index is 0.179. The number of nitrogens with zero attached hydrogens (tertiary/aromatic N) is 2. The molecule has 0 aromatic heterocycles. The van der Waals surface area contributed by atoms with Crippen molar-refractivity contribution in [2.24, 2.45) is 11.8 Å². The van der Waals surface area contributed by atoms with Crippen LogP contribution >= 0.6 is 0 Å². The monoisotopic (exact) mass is 209 g/mol. The third-order valence-corrected chi connectivity index (χ3v) is 3.26. The number of rotatable bonds is 5. The van der Waals surface area contributed by atoms with E-state index in [1.807, 2.05) is 14.0 Å². The molecule has 0 spiro atoms. The number of nitriles is 1. The second-order valence-electron chi connectivity index (χ2n) is 4.67. The van der Waals surface area contributed by atoms with Gasteiger partial charge in [0, 0.05) is 6.54 Å². The molecular weight excluding hydrogens is 186 g/mol. The van der Waals surface area contributed by atoms with Gasteiger partial charge < -0.3 is 10.2 Å². The van der Waals surface area contributed by atoms with Crippen molar-refractivity contribution in [2.75, 3.05) is 33.2 Å². The molecule has 0 aliphatic carbocycles. The molecule has 15 heavy (non-hydrogen) atoms. The predicted molar refractivity (Wildman–Crippen MR) is 62.5 cm³/mol. The Hall–Kier alpha value is -0.590. The molecule has 1 fully saturated rings. The van der Waals surface area contributed by atoms with Gasteiger partial charge in [-0.3, -0.25) is 0 Å². The van der Waals surface area contributed by atoms with Crippen LogP contribution in [0.1, 0.15) is 26.2 Å². The lowest BCUT2D eigenvalue weighted by atomic mass is 9.93. The maximum atomic E-state index is 8.75. The minimum Gasteiger partial charge on any atom is -0.320 e. The van der Waals surface area contributed by atoms with Crippen molar-refractivity contribution in [1.29, 1.82) is 5.26 Å². The van der Waals surface area contributed by atoms with Crippen molar-refractivity contribution in [1.82, 2.24) is 10.2 Å². The summed E-state index contributed by atoms with van der Waals surface area (Å²) >= 11 is 0. The molecule has 0 saturated carbocycles. The van der Waals surface area contributed by atoms with Crippen LogP contribution in [0.5, 0.6) is 0 Å². The summed E-state index contributed by atoms with van der Waals surface area (Å²) in [6.45, 7) is 6.46. The van der Waals surface area contributed by atoms with E-state index in [2.05, 4.69) is 16.3 Å². The fourth-order valence-electron chi connectivity index (χ4n) is 2.23. The van der Waals surface area contributed by atoms with Crippen LogP contribution in [0, 0.1) is 23.2 Å². The molecule has 0 aromatic carbocycles. The van der Waals surface area contributed by atoms with Gasteiger partial charge in [0.25, 0.3) is 0 Å². The lowest BCUT2D eigenvalue weighted by molar-refractivity contribution is 0.169. The normalized spacial score (nSPS) is 21.1. The number of hydrogen-bond acceptors (Lipinski definition) is 3. The van der Waals surface area contributed by atoms with Crippen molar-refractivity contribution < 1.29 is 0 Å². The van der Waals surface area contributed by atoms with E-state index in [4.69, 9.17) is 5.26 Å². The zero-order valence-electron chi connectivity index (χ0n) is 10.00. The van der Waals surface area contributed by atoms with Crippen molar-refractivity contribution in [2.45, 2.75) is 26.2 Å². The molecule has 1 N–H and O–H groups in total. The van der Waals surface area contributed by atoms with Crippen LogP contribution in [0.25, 0.3) is 0 Å². The molecule has 1 aliphatic heterocycles. The number of nitrogens with one attached hydrogen (secondary N) is 1. The zero-order valence-corrected chi connectivity index (χ0v) is 10.00. The summed E-state index contributed by atoms with van der Waals surface area (Å²) in [5.41, 5.74) is 0. The molecule has 1 unspecified atom stereocenters. The van der Waals surface area contributed by atoms with E-state index in [-0.39, 0.29) is 5.92 Å². The van der Waals surface area contributed by atoms with Gasteiger partial charge >= 0.3 is 0 Å². The number of likely N-dealkylation sites (tertiary alicyclic amines) is 1. The largest absolute Gasteiger partial charge is 0.320 e. The smallest absolute Gasteiger partial charge is 0.0666 e. The second kappa shape index (κ2) is 6.81. The summed E-state index contributed by atoms with van der Waals surface area (Å²) in [5, 5.41) is 12.0. The van der Waals surface area contributed by atoms with Crippen molar-refractivity contribution in [3.8, 4) is 6.07 Å². The minimum absolute atomic E-state index is 0.179. The fraction of sp³-hybridized carbons (Fsp3) is 0.917. The first-order valence-corrected chi connectivity index (χ1v) is 6.02. The number of hydrogen-bond donors (Lipinski definition) is 1. The summed E-state index contributed by atoms with van der Waals surface area (Å²) in [6.07, 6.45) is 3.91. The molecule has 0 radical (unpaired) electrons. The molecule has 0 bridgehead atoms. The molecule has 86 valence electrons. The molecule has 0 amide bonds. The topological polar surface area (TPSA) is 39.1 Å². The van der Waals surface area contributed by atoms with E-state index in [1.165, 1.54) is 32.4 Å². The quantitative estimate of drug-likeness (QED) is 0.745. The van der Waals surface area contributed by atoms with E-state index in [1.54, 1.807) is 0 Å². The molecule has 3 nitrogen and oxygen atoms in total. The van der Waals surface area contributed by atoms with E-state index in [0.29, 0.717) is 0 Å². The number of piperidine rings is 1. The average molecular weight is 209 g/mol. The van der Waals surface area contributed by atoms with E-state index < -0.39 is 0 Å². The van der Waals surface area contributed by atoms with Crippen LogP contribution in [-0.4, -0.2) is 38.1 Å². The highest BCUT2D eigenvalue weighted by atomic mass is 15.1. The van der Waals surface area contributed by atoms with Gasteiger partial charge in [0.15, 0.2) is 0 Å². The Morgan fingerprint density at radius 1 is 1.47 bits per heavy atom. The van der Waals surface area contributed by atoms with Crippen molar-refractivity contribution in [3.63, 3.8) is 0 Å². The molecule has 1 aliphatic rings. The first-order chi connectivity index (χ1) is 7.26. The van der Waals surface area contributed by atoms with Gasteiger partial charge in [0.2, 0.25) is 0 Å². The average Bonchev–Trinajstić information content (AvgIpc) is 2.28. The Balaban J connectivity index is 2.15. The summed E-state index contributed by atoms with van der Waals surface area (Å²) in [4.78, 5) is 2.43. The molecule has 1 rings (SSSR count). The first-order valence-electron chi connectivity index (χ1n) is 6.02. The van der Waals surface area contributed by atoms with Gasteiger partial charge in [-0.2, -0.15) is 5.26 Å². The summed E-state index contributed by atoms with van der Waals surface area (Å²) in [6, 6.07) is 2.31. The highest BCUT2D eigenvalue weighted by Crippen LogP contribution is 2.20. The Labute approximate surface area is 93.5 Å². The van der Waals surface area contributed by atoms with Gasteiger partial charge in [-0.25, -0.2) is 0 Å². The second-order valence-corrected chi connectivity index (χ2v) is 4.67. The zero-order chi connectivity index (χ0) is 11.1. The Kier molecular flexibility index (Phi) is 5.67. The molecule has 1 saturated heterocycles. The molecule has 0 aromatic rings. The van der Waals surface area contributed by atoms with Gasteiger partial charge in [-0.15, -0.1) is 0 Å². The van der Waals surface area contributed by atoms with Gasteiger partial charge in [-0.1, -0.05) is 0 Å². The fourth-order valence-corrected chi connectivity index (χ4v) is 2.23. The van der Waals surface area contributed by atoms with Crippen LogP contribution in [0.15, 0.2) is 0 Å². The Bertz CT molecular complexity index is 201. The third-order valence-electron chi connectivity index (χ3n) is 3.26. The third kappa shape index (κ3) is 4.63. The maximum absolute atomic E-state index is 8.75. The first kappa shape index (κ1) is 12.5. The van der Waals surface area contributed by atoms with Crippen LogP contribution in [-0.2, 0) is 0 Å². The highest BCUT2D eigenvalue weighted by Gasteiger charge is 2.19. The molecule has 3 heteroatoms. The van der Waals surface area contributed by atoms with E-state index >= 15 is 0 Å². The summed E-state index contributed by atoms with van der Waals surface area (Å²) < 4.78 is 0. The van der Waals surface area contributed by atoms with Crippen molar-refractivity contribution in [3.05, 3.63) is 0 Å². The van der Waals surface area contributed by atoms with Crippen LogP contribution in [0.3, 0.4) is 0 Å². The van der Waals surface area contributed by atoms with Gasteiger partial charge in [0.05, 0.1) is 12.0 Å². The predicted octanol–water partition coefficient (Wildman–Crippen LogP) is 1.47. The van der Waals surface area contributed by atoms with Gasteiger partial charge in [-0.05, 0) is 58.8 Å². The van der Waals surface area contributed by atoms with Crippen molar-refractivity contribution >= 4 is 0 Å². The lowest BCUT2D eigenvalue weighted by Crippen LogP contribution is -2.36. The SMILES string of the molecule is CNCCC1CCN(CC(C)C#N)CC1. The van der Waals surface area contributed by atoms with E-state index in [9.17, 15) is 0 Å². The van der Waals surface area contributed by atoms with Crippen LogP contribution in [0.4, 0.5) is 0 Å². The van der Waals surface area contributed by atoms with E-state index in [0.717, 1.165) is 19.0 Å².